The van der Waals surface area contributed by atoms with E-state index in [1.807, 2.05) is 24.3 Å². The number of nitrogens with zero attached hydrogens (tertiary/aromatic N) is 1. The zero-order chi connectivity index (χ0) is 25.9. The van der Waals surface area contributed by atoms with Crippen LogP contribution in [0, 0.1) is 5.92 Å². The molecule has 0 unspecified atom stereocenters. The molecule has 0 spiro atoms. The van der Waals surface area contributed by atoms with Crippen molar-refractivity contribution in [3.63, 3.8) is 0 Å². The number of hydrogen-bond acceptors (Lipinski definition) is 7. The van der Waals surface area contributed by atoms with Crippen molar-refractivity contribution in [1.82, 2.24) is 4.31 Å². The smallest absolute Gasteiger partial charge is 0.337 e. The van der Waals surface area contributed by atoms with Crippen molar-refractivity contribution in [2.45, 2.75) is 17.7 Å². The Bertz CT molecular complexity index is 1400. The lowest BCUT2D eigenvalue weighted by atomic mass is 9.98. The van der Waals surface area contributed by atoms with Crippen LogP contribution in [0.3, 0.4) is 0 Å². The number of rotatable bonds is 6. The average molecular weight is 511 g/mol. The Morgan fingerprint density at radius 3 is 2.17 bits per heavy atom. The molecule has 1 atom stereocenters. The van der Waals surface area contributed by atoms with Gasteiger partial charge in [0.1, 0.15) is 0 Å². The highest BCUT2D eigenvalue weighted by molar-refractivity contribution is 7.89. The molecule has 0 aromatic heterocycles. The summed E-state index contributed by atoms with van der Waals surface area (Å²) in [7, 11) is -1.39. The van der Waals surface area contributed by atoms with Crippen molar-refractivity contribution >= 4 is 44.3 Å². The molecule has 1 amide bonds. The summed E-state index contributed by atoms with van der Waals surface area (Å²) in [5.41, 5.74) is 0.345. The molecule has 0 aliphatic carbocycles. The minimum Gasteiger partial charge on any atom is -0.465 e. The van der Waals surface area contributed by atoms with Crippen molar-refractivity contribution in [1.29, 1.82) is 0 Å². The lowest BCUT2D eigenvalue weighted by molar-refractivity contribution is -0.120. The molecule has 0 bridgehead atoms. The molecule has 1 N–H and O–H groups in total. The molecule has 36 heavy (non-hydrogen) atoms. The van der Waals surface area contributed by atoms with Crippen LogP contribution in [-0.4, -0.2) is 57.9 Å². The number of carbonyl (C=O) groups is 3. The van der Waals surface area contributed by atoms with Crippen LogP contribution < -0.4 is 5.32 Å². The second-order valence-corrected chi connectivity index (χ2v) is 10.4. The molecule has 1 fully saturated rings. The summed E-state index contributed by atoms with van der Waals surface area (Å²) in [6, 6.07) is 16.6. The standard InChI is InChI=1S/C26H26N2O7S/c1-34-25(30)20-12-21(26(31)35-2)14-22(13-20)27-24(29)19-8-5-11-28(16-19)36(32,33)23-10-9-17-6-3-4-7-18(17)15-23/h3-4,6-7,9-10,12-15,19H,5,8,11,16H2,1-2H3,(H,27,29)/t19-/m0/s1. The largest absolute Gasteiger partial charge is 0.465 e. The molecule has 10 heteroatoms. The Labute approximate surface area is 209 Å². The van der Waals surface area contributed by atoms with Crippen LogP contribution in [0.2, 0.25) is 0 Å². The van der Waals surface area contributed by atoms with E-state index in [1.165, 1.54) is 36.7 Å². The van der Waals surface area contributed by atoms with E-state index in [0.29, 0.717) is 19.4 Å². The summed E-state index contributed by atoms with van der Waals surface area (Å²) in [4.78, 5) is 37.3. The Morgan fingerprint density at radius 1 is 0.889 bits per heavy atom. The molecule has 0 radical (unpaired) electrons. The molecule has 3 aromatic carbocycles. The molecule has 0 saturated carbocycles. The van der Waals surface area contributed by atoms with Crippen molar-refractivity contribution in [2.75, 3.05) is 32.6 Å². The molecule has 9 nitrogen and oxygen atoms in total. The van der Waals surface area contributed by atoms with Gasteiger partial charge in [0.2, 0.25) is 15.9 Å². The summed E-state index contributed by atoms with van der Waals surface area (Å²) >= 11 is 0. The SMILES string of the molecule is COC(=O)c1cc(NC(=O)[C@H]2CCCN(S(=O)(=O)c3ccc4ccccc4c3)C2)cc(C(=O)OC)c1. The van der Waals surface area contributed by atoms with Gasteiger partial charge in [-0.3, -0.25) is 4.79 Å². The quantitative estimate of drug-likeness (QED) is 0.505. The van der Waals surface area contributed by atoms with Crippen LogP contribution in [0.15, 0.2) is 65.6 Å². The fourth-order valence-corrected chi connectivity index (χ4v) is 5.83. The highest BCUT2D eigenvalue weighted by atomic mass is 32.2. The topological polar surface area (TPSA) is 119 Å². The highest BCUT2D eigenvalue weighted by Crippen LogP contribution is 2.27. The number of ether oxygens (including phenoxy) is 2. The number of fused-ring (bicyclic) bond motifs is 1. The van der Waals surface area contributed by atoms with Gasteiger partial charge in [-0.05, 0) is 53.9 Å². The summed E-state index contributed by atoms with van der Waals surface area (Å²) < 4.78 is 37.5. The Morgan fingerprint density at radius 2 is 1.53 bits per heavy atom. The first-order chi connectivity index (χ1) is 17.2. The van der Waals surface area contributed by atoms with E-state index in [1.54, 1.807) is 18.2 Å². The molecule has 188 valence electrons. The molecule has 3 aromatic rings. The predicted octanol–water partition coefficient (Wildman–Crippen LogP) is 3.45. The number of piperidine rings is 1. The first-order valence-corrected chi connectivity index (χ1v) is 12.8. The Balaban J connectivity index is 1.54. The number of amides is 1. The van der Waals surface area contributed by atoms with Crippen LogP contribution in [0.4, 0.5) is 5.69 Å². The third-order valence-electron chi connectivity index (χ3n) is 6.16. The zero-order valence-electron chi connectivity index (χ0n) is 19.9. The van der Waals surface area contributed by atoms with Gasteiger partial charge in [0.15, 0.2) is 0 Å². The lowest BCUT2D eigenvalue weighted by Crippen LogP contribution is -2.43. The molecule has 1 saturated heterocycles. The summed E-state index contributed by atoms with van der Waals surface area (Å²) in [6.07, 6.45) is 1.01. The summed E-state index contributed by atoms with van der Waals surface area (Å²) in [5, 5.41) is 4.46. The molecule has 4 rings (SSSR count). The van der Waals surface area contributed by atoms with Crippen LogP contribution in [0.5, 0.6) is 0 Å². The number of benzene rings is 3. The van der Waals surface area contributed by atoms with Gasteiger partial charge in [-0.25, -0.2) is 18.0 Å². The maximum absolute atomic E-state index is 13.4. The van der Waals surface area contributed by atoms with Crippen LogP contribution in [-0.2, 0) is 24.3 Å². The van der Waals surface area contributed by atoms with Crippen molar-refractivity contribution in [2.24, 2.45) is 5.92 Å². The summed E-state index contributed by atoms with van der Waals surface area (Å²) in [6.45, 7) is 0.324. The van der Waals surface area contributed by atoms with Gasteiger partial charge in [0.05, 0.1) is 36.2 Å². The number of esters is 2. The summed E-state index contributed by atoms with van der Waals surface area (Å²) in [5.74, 6) is -2.38. The van der Waals surface area contributed by atoms with E-state index in [4.69, 9.17) is 9.47 Å². The lowest BCUT2D eigenvalue weighted by Gasteiger charge is -2.31. The maximum atomic E-state index is 13.4. The Kier molecular flexibility index (Phi) is 7.37. The monoisotopic (exact) mass is 510 g/mol. The van der Waals surface area contributed by atoms with Gasteiger partial charge in [-0.2, -0.15) is 4.31 Å². The molecular formula is C26H26N2O7S. The fraction of sp³-hybridized carbons (Fsp3) is 0.269. The number of sulfonamides is 1. The van der Waals surface area contributed by atoms with Gasteiger partial charge in [0.25, 0.3) is 0 Å². The average Bonchev–Trinajstić information content (AvgIpc) is 2.91. The van der Waals surface area contributed by atoms with Crippen LogP contribution >= 0.6 is 0 Å². The van der Waals surface area contributed by atoms with E-state index >= 15 is 0 Å². The van der Waals surface area contributed by atoms with Gasteiger partial charge < -0.3 is 14.8 Å². The number of hydrogen-bond donors (Lipinski definition) is 1. The molecular weight excluding hydrogens is 484 g/mol. The van der Waals surface area contributed by atoms with Crippen LogP contribution in [0.1, 0.15) is 33.6 Å². The van der Waals surface area contributed by atoms with Gasteiger partial charge in [-0.1, -0.05) is 30.3 Å². The van der Waals surface area contributed by atoms with E-state index in [-0.39, 0.29) is 28.3 Å². The van der Waals surface area contributed by atoms with Crippen molar-refractivity contribution in [3.8, 4) is 0 Å². The first kappa shape index (κ1) is 25.3. The second kappa shape index (κ2) is 10.5. The van der Waals surface area contributed by atoms with Gasteiger partial charge in [-0.15, -0.1) is 0 Å². The normalized spacial score (nSPS) is 16.3. The molecule has 1 aliphatic heterocycles. The third kappa shape index (κ3) is 5.24. The third-order valence-corrected chi connectivity index (χ3v) is 8.02. The number of methoxy groups -OCH3 is 2. The van der Waals surface area contributed by atoms with Gasteiger partial charge in [0, 0.05) is 18.8 Å². The van der Waals surface area contributed by atoms with E-state index in [0.717, 1.165) is 10.8 Å². The first-order valence-electron chi connectivity index (χ1n) is 11.3. The molecule has 1 aliphatic rings. The highest BCUT2D eigenvalue weighted by Gasteiger charge is 2.33. The van der Waals surface area contributed by atoms with Crippen molar-refractivity contribution in [3.05, 3.63) is 71.8 Å². The van der Waals surface area contributed by atoms with E-state index in [9.17, 15) is 22.8 Å². The fourth-order valence-electron chi connectivity index (χ4n) is 4.27. The van der Waals surface area contributed by atoms with Crippen molar-refractivity contribution < 1.29 is 32.3 Å². The Hall–Kier alpha value is -3.76. The number of carbonyl (C=O) groups excluding carboxylic acids is 3. The second-order valence-electron chi connectivity index (χ2n) is 8.48. The maximum Gasteiger partial charge on any atom is 0.337 e. The predicted molar refractivity (Wildman–Crippen MR) is 133 cm³/mol. The molecule has 1 heterocycles. The van der Waals surface area contributed by atoms with E-state index < -0.39 is 33.8 Å². The number of anilines is 1. The van der Waals surface area contributed by atoms with E-state index in [2.05, 4.69) is 5.32 Å². The minimum atomic E-state index is -3.80. The van der Waals surface area contributed by atoms with Crippen LogP contribution in [0.25, 0.3) is 10.8 Å². The zero-order valence-corrected chi connectivity index (χ0v) is 20.7. The van der Waals surface area contributed by atoms with Gasteiger partial charge >= 0.3 is 11.9 Å². The minimum absolute atomic E-state index is 0.0154. The number of nitrogens with one attached hydrogen (secondary N) is 1.